The number of rotatable bonds is 6. The molecular weight excluding hydrogens is 466 g/mol. The monoisotopic (exact) mass is 487 g/mol. The van der Waals surface area contributed by atoms with Crippen LogP contribution in [0.3, 0.4) is 0 Å². The molecule has 1 amide bonds. The van der Waals surface area contributed by atoms with E-state index in [1.165, 1.54) is 28.9 Å². The van der Waals surface area contributed by atoms with Crippen LogP contribution in [0.25, 0.3) is 0 Å². The lowest BCUT2D eigenvalue weighted by molar-refractivity contribution is 0.102. The molecule has 6 nitrogen and oxygen atoms in total. The second kappa shape index (κ2) is 9.16. The number of amides is 1. The maximum absolute atomic E-state index is 12.9. The Balaban J connectivity index is 1.49. The zero-order chi connectivity index (χ0) is 21.1. The smallest absolute Gasteiger partial charge is 0.261 e. The summed E-state index contributed by atoms with van der Waals surface area (Å²) in [6.07, 6.45) is 0.878. The van der Waals surface area contributed by atoms with E-state index in [2.05, 4.69) is 55.4 Å². The van der Waals surface area contributed by atoms with Gasteiger partial charge in [0.2, 0.25) is 0 Å². The molecular formula is C22H22BrN3O3S. The Morgan fingerprint density at radius 2 is 2.03 bits per heavy atom. The predicted octanol–water partition coefficient (Wildman–Crippen LogP) is 4.73. The summed E-state index contributed by atoms with van der Waals surface area (Å²) in [6.45, 7) is 2.70. The summed E-state index contributed by atoms with van der Waals surface area (Å²) in [5.74, 6) is 0.755. The summed E-state index contributed by atoms with van der Waals surface area (Å²) in [7, 11) is 3.10. The molecule has 0 saturated heterocycles. The van der Waals surface area contributed by atoms with Crippen LogP contribution >= 0.6 is 27.3 Å². The van der Waals surface area contributed by atoms with E-state index in [0.717, 1.165) is 31.7 Å². The van der Waals surface area contributed by atoms with Crippen molar-refractivity contribution in [2.24, 2.45) is 0 Å². The fourth-order valence-corrected chi connectivity index (χ4v) is 5.15. The number of anilines is 1. The number of hydrogen-bond acceptors (Lipinski definition) is 6. The lowest BCUT2D eigenvalue weighted by Crippen LogP contribution is -2.29. The molecule has 0 unspecified atom stereocenters. The summed E-state index contributed by atoms with van der Waals surface area (Å²) in [5.41, 5.74) is 2.76. The Labute approximate surface area is 188 Å². The van der Waals surface area contributed by atoms with Crippen LogP contribution in [0.4, 0.5) is 5.13 Å². The lowest BCUT2D eigenvalue weighted by atomic mass is 10.1. The minimum absolute atomic E-state index is 0.279. The number of ether oxygens (including phenoxy) is 2. The van der Waals surface area contributed by atoms with Gasteiger partial charge in [-0.2, -0.15) is 0 Å². The van der Waals surface area contributed by atoms with Gasteiger partial charge in [-0.15, -0.1) is 11.3 Å². The molecule has 1 N–H and O–H groups in total. The number of thiazole rings is 1. The quantitative estimate of drug-likeness (QED) is 0.544. The zero-order valence-corrected chi connectivity index (χ0v) is 19.2. The molecule has 0 saturated carbocycles. The third kappa shape index (κ3) is 4.50. The minimum Gasteiger partial charge on any atom is -0.497 e. The van der Waals surface area contributed by atoms with Gasteiger partial charge in [0.1, 0.15) is 11.5 Å². The van der Waals surface area contributed by atoms with Crippen LogP contribution in [0.5, 0.6) is 11.5 Å². The van der Waals surface area contributed by atoms with Gasteiger partial charge >= 0.3 is 0 Å². The van der Waals surface area contributed by atoms with Gasteiger partial charge in [-0.1, -0.05) is 30.3 Å². The highest BCUT2D eigenvalue weighted by Crippen LogP contribution is 2.35. The van der Waals surface area contributed by atoms with E-state index in [-0.39, 0.29) is 5.91 Å². The molecule has 8 heteroatoms. The number of benzene rings is 2. The number of aromatic nitrogens is 1. The Morgan fingerprint density at radius 3 is 2.77 bits per heavy atom. The molecule has 3 aromatic rings. The van der Waals surface area contributed by atoms with Gasteiger partial charge in [-0.05, 0) is 33.6 Å². The van der Waals surface area contributed by atoms with Crippen molar-refractivity contribution in [3.63, 3.8) is 0 Å². The third-order valence-corrected chi connectivity index (χ3v) is 6.57. The Hall–Kier alpha value is -2.42. The fourth-order valence-electron chi connectivity index (χ4n) is 3.51. The number of nitrogens with one attached hydrogen (secondary N) is 1. The second-order valence-electron chi connectivity index (χ2n) is 6.98. The predicted molar refractivity (Wildman–Crippen MR) is 122 cm³/mol. The molecule has 0 spiro atoms. The first kappa shape index (κ1) is 20.8. The van der Waals surface area contributed by atoms with Crippen molar-refractivity contribution in [2.45, 2.75) is 19.5 Å². The Bertz CT molecular complexity index is 1060. The molecule has 30 heavy (non-hydrogen) atoms. The minimum atomic E-state index is -0.279. The van der Waals surface area contributed by atoms with Crippen LogP contribution in [0.15, 0.2) is 46.9 Å². The molecule has 4 rings (SSSR count). The third-order valence-electron chi connectivity index (χ3n) is 4.98. The van der Waals surface area contributed by atoms with Crippen LogP contribution < -0.4 is 14.8 Å². The number of hydrogen-bond donors (Lipinski definition) is 1. The van der Waals surface area contributed by atoms with Gasteiger partial charge in [0.15, 0.2) is 5.13 Å². The van der Waals surface area contributed by atoms with Gasteiger partial charge in [0, 0.05) is 30.9 Å². The van der Waals surface area contributed by atoms with Crippen molar-refractivity contribution in [3.05, 3.63) is 68.6 Å². The molecule has 1 aromatic heterocycles. The maximum Gasteiger partial charge on any atom is 0.261 e. The Morgan fingerprint density at radius 1 is 1.23 bits per heavy atom. The van der Waals surface area contributed by atoms with Gasteiger partial charge in [0.05, 0.1) is 29.9 Å². The van der Waals surface area contributed by atoms with Crippen LogP contribution in [0, 0.1) is 0 Å². The maximum atomic E-state index is 12.9. The van der Waals surface area contributed by atoms with Crippen molar-refractivity contribution in [3.8, 4) is 11.5 Å². The van der Waals surface area contributed by atoms with Crippen LogP contribution in [0.2, 0.25) is 0 Å². The SMILES string of the molecule is COc1cc(Br)c(OC)c(C(=O)Nc2nc3c(s2)CN(Cc2ccccc2)CC3)c1. The van der Waals surface area contributed by atoms with Gasteiger partial charge in [-0.3, -0.25) is 15.0 Å². The van der Waals surface area contributed by atoms with E-state index in [9.17, 15) is 4.79 Å². The van der Waals surface area contributed by atoms with Crippen LogP contribution in [-0.4, -0.2) is 36.6 Å². The molecule has 0 aliphatic carbocycles. The van der Waals surface area contributed by atoms with E-state index >= 15 is 0 Å². The highest BCUT2D eigenvalue weighted by molar-refractivity contribution is 9.10. The van der Waals surface area contributed by atoms with Crippen molar-refractivity contribution in [1.82, 2.24) is 9.88 Å². The highest BCUT2D eigenvalue weighted by atomic mass is 79.9. The first-order chi connectivity index (χ1) is 14.6. The number of carbonyl (C=O) groups is 1. The standard InChI is InChI=1S/C22H22BrN3O3S/c1-28-15-10-16(20(29-2)17(23)11-15)21(27)25-22-24-18-8-9-26(13-19(18)30-22)12-14-6-4-3-5-7-14/h3-7,10-11H,8-9,12-13H2,1-2H3,(H,24,25,27). The highest BCUT2D eigenvalue weighted by Gasteiger charge is 2.23. The lowest BCUT2D eigenvalue weighted by Gasteiger charge is -2.25. The van der Waals surface area contributed by atoms with Crippen molar-refractivity contribution < 1.29 is 14.3 Å². The summed E-state index contributed by atoms with van der Waals surface area (Å²) in [5, 5.41) is 3.53. The number of carbonyl (C=O) groups excluding carboxylic acids is 1. The number of fused-ring (bicyclic) bond motifs is 1. The van der Waals surface area contributed by atoms with E-state index < -0.39 is 0 Å². The molecule has 1 aliphatic rings. The summed E-state index contributed by atoms with van der Waals surface area (Å²) in [6, 6.07) is 13.9. The van der Waals surface area contributed by atoms with Crippen LogP contribution in [-0.2, 0) is 19.5 Å². The first-order valence-corrected chi connectivity index (χ1v) is 11.2. The first-order valence-electron chi connectivity index (χ1n) is 9.55. The molecule has 0 fully saturated rings. The second-order valence-corrected chi connectivity index (χ2v) is 8.92. The Kier molecular flexibility index (Phi) is 6.36. The largest absolute Gasteiger partial charge is 0.497 e. The normalized spacial score (nSPS) is 13.6. The van der Waals surface area contributed by atoms with E-state index in [1.54, 1.807) is 19.2 Å². The van der Waals surface area contributed by atoms with Crippen molar-refractivity contribution in [2.75, 3.05) is 26.1 Å². The molecule has 0 bridgehead atoms. The van der Waals surface area contributed by atoms with Crippen molar-refractivity contribution >= 4 is 38.3 Å². The molecule has 1 aliphatic heterocycles. The van der Waals surface area contributed by atoms with E-state index in [1.807, 2.05) is 6.07 Å². The topological polar surface area (TPSA) is 63.7 Å². The molecule has 2 aromatic carbocycles. The molecule has 156 valence electrons. The molecule has 2 heterocycles. The summed E-state index contributed by atoms with van der Waals surface area (Å²) in [4.78, 5) is 21.2. The fraction of sp³-hybridized carbons (Fsp3) is 0.273. The van der Waals surface area contributed by atoms with Gasteiger partial charge in [-0.25, -0.2) is 4.98 Å². The number of methoxy groups -OCH3 is 2. The number of nitrogens with zero attached hydrogens (tertiary/aromatic N) is 2. The van der Waals surface area contributed by atoms with E-state index in [0.29, 0.717) is 26.7 Å². The zero-order valence-electron chi connectivity index (χ0n) is 16.8. The average Bonchev–Trinajstić information content (AvgIpc) is 3.15. The molecule has 0 atom stereocenters. The summed E-state index contributed by atoms with van der Waals surface area (Å²) < 4.78 is 11.3. The van der Waals surface area contributed by atoms with Gasteiger partial charge < -0.3 is 9.47 Å². The van der Waals surface area contributed by atoms with E-state index in [4.69, 9.17) is 9.47 Å². The van der Waals surface area contributed by atoms with Crippen LogP contribution in [0.1, 0.15) is 26.5 Å². The summed E-state index contributed by atoms with van der Waals surface area (Å²) >= 11 is 4.96. The number of halogens is 1. The molecule has 0 radical (unpaired) electrons. The van der Waals surface area contributed by atoms with Crippen molar-refractivity contribution in [1.29, 1.82) is 0 Å². The average molecular weight is 488 g/mol. The van der Waals surface area contributed by atoms with Gasteiger partial charge in [0.25, 0.3) is 5.91 Å².